The number of nitrogens with zero attached hydrogens (tertiary/aromatic N) is 2. The average Bonchev–Trinajstić information content (AvgIpc) is 2.49. The molecule has 0 aromatic carbocycles. The van der Waals surface area contributed by atoms with Crippen LogP contribution in [0.25, 0.3) is 0 Å². The van der Waals surface area contributed by atoms with Crippen LogP contribution < -0.4 is 0 Å². The van der Waals surface area contributed by atoms with Crippen LogP contribution in [0, 0.1) is 0 Å². The highest BCUT2D eigenvalue weighted by atomic mass is 17.2. The molecule has 4 nitrogen and oxygen atoms in total. The van der Waals surface area contributed by atoms with E-state index in [0.29, 0.717) is 12.1 Å². The molecule has 0 radical (unpaired) electrons. The monoisotopic (exact) mass is 316 g/mol. The Hall–Kier alpha value is -0.160. The molecule has 0 saturated carbocycles. The Labute approximate surface area is 139 Å². The van der Waals surface area contributed by atoms with E-state index in [1.165, 1.54) is 0 Å². The van der Waals surface area contributed by atoms with Crippen molar-refractivity contribution in [1.29, 1.82) is 0 Å². The lowest BCUT2D eigenvalue weighted by Crippen LogP contribution is -2.41. The summed E-state index contributed by atoms with van der Waals surface area (Å²) in [4.78, 5) is 16.4. The Bertz CT molecular complexity index is 233. The zero-order valence-corrected chi connectivity index (χ0v) is 16.3. The lowest BCUT2D eigenvalue weighted by atomic mass is 10.2. The van der Waals surface area contributed by atoms with Gasteiger partial charge >= 0.3 is 0 Å². The van der Waals surface area contributed by atoms with Crippen LogP contribution in [0.5, 0.6) is 0 Å². The number of hydrogen-bond acceptors (Lipinski definition) is 4. The van der Waals surface area contributed by atoms with Gasteiger partial charge in [0.2, 0.25) is 0 Å². The van der Waals surface area contributed by atoms with Crippen molar-refractivity contribution in [2.75, 3.05) is 26.2 Å². The van der Waals surface area contributed by atoms with Crippen molar-refractivity contribution < 1.29 is 9.78 Å². The Balaban J connectivity index is 4.38. The van der Waals surface area contributed by atoms with E-state index in [2.05, 4.69) is 65.2 Å². The summed E-state index contributed by atoms with van der Waals surface area (Å²) in [6.45, 7) is 21.6. The van der Waals surface area contributed by atoms with Gasteiger partial charge in [-0.05, 0) is 53.6 Å². The second kappa shape index (κ2) is 12.3. The third kappa shape index (κ3) is 8.47. The maximum atomic E-state index is 5.78. The lowest BCUT2D eigenvalue weighted by molar-refractivity contribution is -0.355. The Morgan fingerprint density at radius 2 is 0.955 bits per heavy atom. The summed E-state index contributed by atoms with van der Waals surface area (Å²) in [6, 6.07) is 1.09. The first kappa shape index (κ1) is 21.8. The van der Waals surface area contributed by atoms with Crippen molar-refractivity contribution in [2.24, 2.45) is 0 Å². The quantitative estimate of drug-likeness (QED) is 0.379. The summed E-state index contributed by atoms with van der Waals surface area (Å²) in [5, 5.41) is 0. The molecule has 0 amide bonds. The third-order valence-electron chi connectivity index (χ3n) is 4.39. The SMILES string of the molecule is CCC(CN(CC)C(C)C)OOC(CC)CN(CC)C(C)C. The van der Waals surface area contributed by atoms with Crippen LogP contribution in [0.4, 0.5) is 0 Å². The smallest absolute Gasteiger partial charge is 0.105 e. The van der Waals surface area contributed by atoms with Gasteiger partial charge < -0.3 is 0 Å². The minimum atomic E-state index is 0.144. The predicted molar refractivity (Wildman–Crippen MR) is 95.1 cm³/mol. The van der Waals surface area contributed by atoms with E-state index in [1.807, 2.05) is 0 Å². The molecule has 0 aliphatic heterocycles. The van der Waals surface area contributed by atoms with Gasteiger partial charge in [-0.2, -0.15) is 0 Å². The van der Waals surface area contributed by atoms with E-state index in [4.69, 9.17) is 9.78 Å². The van der Waals surface area contributed by atoms with Gasteiger partial charge in [-0.1, -0.05) is 27.7 Å². The summed E-state index contributed by atoms with van der Waals surface area (Å²) < 4.78 is 0. The lowest BCUT2D eigenvalue weighted by Gasteiger charge is -2.31. The summed E-state index contributed by atoms with van der Waals surface area (Å²) in [5.41, 5.74) is 0. The van der Waals surface area contributed by atoms with Gasteiger partial charge in [0, 0.05) is 25.2 Å². The normalized spacial score (nSPS) is 15.3. The fourth-order valence-corrected chi connectivity index (χ4v) is 2.55. The molecule has 0 saturated heterocycles. The molecule has 22 heavy (non-hydrogen) atoms. The van der Waals surface area contributed by atoms with Gasteiger partial charge in [-0.25, -0.2) is 9.78 Å². The minimum Gasteiger partial charge on any atom is -0.299 e. The van der Waals surface area contributed by atoms with Crippen molar-refractivity contribution >= 4 is 0 Å². The van der Waals surface area contributed by atoms with Crippen LogP contribution in [0.2, 0.25) is 0 Å². The minimum absolute atomic E-state index is 0.144. The molecule has 0 spiro atoms. The highest BCUT2D eigenvalue weighted by molar-refractivity contribution is 4.68. The van der Waals surface area contributed by atoms with Gasteiger partial charge in [0.05, 0.1) is 0 Å². The van der Waals surface area contributed by atoms with Crippen LogP contribution in [0.3, 0.4) is 0 Å². The largest absolute Gasteiger partial charge is 0.299 e. The van der Waals surface area contributed by atoms with Crippen LogP contribution >= 0.6 is 0 Å². The van der Waals surface area contributed by atoms with Crippen molar-refractivity contribution in [1.82, 2.24) is 9.80 Å². The predicted octanol–water partition coefficient (Wildman–Crippen LogP) is 3.95. The standard InChI is InChI=1S/C18H40N2O2/c1-9-17(13-19(11-3)15(5)6)21-22-18(10-2)14-20(12-4)16(7)8/h15-18H,9-14H2,1-8H3. The van der Waals surface area contributed by atoms with E-state index in [-0.39, 0.29) is 12.2 Å². The molecule has 0 bridgehead atoms. The molecule has 2 unspecified atom stereocenters. The van der Waals surface area contributed by atoms with Gasteiger partial charge in [-0.3, -0.25) is 9.80 Å². The fourth-order valence-electron chi connectivity index (χ4n) is 2.55. The molecular formula is C18H40N2O2. The van der Waals surface area contributed by atoms with Crippen molar-refractivity contribution in [3.63, 3.8) is 0 Å². The van der Waals surface area contributed by atoms with E-state index in [9.17, 15) is 0 Å². The Kier molecular flexibility index (Phi) is 12.2. The van der Waals surface area contributed by atoms with Crippen LogP contribution in [-0.4, -0.2) is 60.3 Å². The molecular weight excluding hydrogens is 276 g/mol. The third-order valence-corrected chi connectivity index (χ3v) is 4.39. The van der Waals surface area contributed by atoms with Crippen molar-refractivity contribution in [3.05, 3.63) is 0 Å². The maximum Gasteiger partial charge on any atom is 0.105 e. The molecule has 2 atom stereocenters. The van der Waals surface area contributed by atoms with Gasteiger partial charge in [0.15, 0.2) is 0 Å². The van der Waals surface area contributed by atoms with E-state index >= 15 is 0 Å². The summed E-state index contributed by atoms with van der Waals surface area (Å²) >= 11 is 0. The number of hydrogen-bond donors (Lipinski definition) is 0. The zero-order valence-electron chi connectivity index (χ0n) is 16.3. The van der Waals surface area contributed by atoms with Crippen LogP contribution in [0.15, 0.2) is 0 Å². The first-order chi connectivity index (χ1) is 10.4. The fraction of sp³-hybridized carbons (Fsp3) is 1.00. The van der Waals surface area contributed by atoms with E-state index in [0.717, 1.165) is 39.0 Å². The van der Waals surface area contributed by atoms with Crippen molar-refractivity contribution in [3.8, 4) is 0 Å². The molecule has 0 fully saturated rings. The highest BCUT2D eigenvalue weighted by Gasteiger charge is 2.19. The molecule has 0 aromatic rings. The zero-order chi connectivity index (χ0) is 17.1. The average molecular weight is 317 g/mol. The molecule has 134 valence electrons. The first-order valence-electron chi connectivity index (χ1n) is 9.19. The van der Waals surface area contributed by atoms with Crippen molar-refractivity contribution in [2.45, 2.75) is 92.5 Å². The second-order valence-corrected chi connectivity index (χ2v) is 6.62. The number of likely N-dealkylation sites (N-methyl/N-ethyl adjacent to an activating group) is 2. The molecule has 0 N–H and O–H groups in total. The Morgan fingerprint density at radius 3 is 1.14 bits per heavy atom. The molecule has 0 aromatic heterocycles. The van der Waals surface area contributed by atoms with Crippen LogP contribution in [0.1, 0.15) is 68.2 Å². The van der Waals surface area contributed by atoms with Gasteiger partial charge in [-0.15, -0.1) is 0 Å². The molecule has 0 aliphatic carbocycles. The first-order valence-corrected chi connectivity index (χ1v) is 9.19. The molecule has 4 heteroatoms. The Morgan fingerprint density at radius 1 is 0.636 bits per heavy atom. The molecule has 0 heterocycles. The summed E-state index contributed by atoms with van der Waals surface area (Å²) in [5.74, 6) is 0. The van der Waals surface area contributed by atoms with Gasteiger partial charge in [0.25, 0.3) is 0 Å². The summed E-state index contributed by atoms with van der Waals surface area (Å²) in [6.07, 6.45) is 2.24. The molecule has 0 aliphatic rings. The highest BCUT2D eigenvalue weighted by Crippen LogP contribution is 2.11. The van der Waals surface area contributed by atoms with Crippen LogP contribution in [-0.2, 0) is 9.78 Å². The molecule has 0 rings (SSSR count). The van der Waals surface area contributed by atoms with Gasteiger partial charge in [0.1, 0.15) is 12.2 Å². The maximum absolute atomic E-state index is 5.78. The second-order valence-electron chi connectivity index (χ2n) is 6.62. The van der Waals surface area contributed by atoms with E-state index in [1.54, 1.807) is 0 Å². The summed E-state index contributed by atoms with van der Waals surface area (Å²) in [7, 11) is 0. The van der Waals surface area contributed by atoms with E-state index < -0.39 is 0 Å². The number of rotatable bonds is 13. The topological polar surface area (TPSA) is 24.9 Å².